The maximum absolute atomic E-state index is 3.90. The van der Waals surface area contributed by atoms with Gasteiger partial charge in [0.1, 0.15) is 6.72 Å². The van der Waals surface area contributed by atoms with Crippen LogP contribution in [0.1, 0.15) is 0 Å². The zero-order valence-corrected chi connectivity index (χ0v) is 6.08. The molecule has 2 atom stereocenters. The second-order valence-electron chi connectivity index (χ2n) is 3.00. The summed E-state index contributed by atoms with van der Waals surface area (Å²) < 4.78 is 2.07. The van der Waals surface area contributed by atoms with Gasteiger partial charge in [-0.05, 0) is 0 Å². The van der Waals surface area contributed by atoms with E-state index in [1.54, 1.807) is 0 Å². The molecular weight excluding hydrogens is 128 g/mol. The topological polar surface area (TPSA) is 21.5 Å². The van der Waals surface area contributed by atoms with Gasteiger partial charge in [-0.2, -0.15) is 0 Å². The van der Waals surface area contributed by atoms with E-state index in [-0.39, 0.29) is 0 Å². The van der Waals surface area contributed by atoms with Crippen LogP contribution in [0.2, 0.25) is 0 Å². The fourth-order valence-electron chi connectivity index (χ4n) is 1.55. The fourth-order valence-corrected chi connectivity index (χ4v) is 1.55. The predicted octanol–water partition coefficient (Wildman–Crippen LogP) is -1.29. The SMILES string of the molecule is C=[N+]1CN2CNCN(C2)C1. The molecule has 2 aliphatic heterocycles. The lowest BCUT2D eigenvalue weighted by molar-refractivity contribution is -0.584. The van der Waals surface area contributed by atoms with Crippen molar-refractivity contribution in [1.29, 1.82) is 0 Å². The van der Waals surface area contributed by atoms with Crippen molar-refractivity contribution in [3.05, 3.63) is 0 Å². The molecule has 0 aliphatic carbocycles. The molecule has 2 unspecified atom stereocenters. The van der Waals surface area contributed by atoms with E-state index in [1.807, 2.05) is 0 Å². The number of hydrogen-bond donors (Lipinski definition) is 1. The van der Waals surface area contributed by atoms with Crippen molar-refractivity contribution >= 4 is 6.72 Å². The van der Waals surface area contributed by atoms with Crippen LogP contribution < -0.4 is 5.32 Å². The number of nitrogens with zero attached hydrogens (tertiary/aromatic N) is 3. The van der Waals surface area contributed by atoms with Crippen LogP contribution in [0, 0.1) is 0 Å². The van der Waals surface area contributed by atoms with Crippen molar-refractivity contribution in [3.8, 4) is 0 Å². The molecule has 0 saturated carbocycles. The van der Waals surface area contributed by atoms with Gasteiger partial charge in [-0.15, -0.1) is 0 Å². The average molecular weight is 141 g/mol. The summed E-state index contributed by atoms with van der Waals surface area (Å²) in [6, 6.07) is 0. The van der Waals surface area contributed by atoms with Gasteiger partial charge in [0.15, 0.2) is 0 Å². The first-order chi connectivity index (χ1) is 4.84. The Morgan fingerprint density at radius 2 is 1.80 bits per heavy atom. The van der Waals surface area contributed by atoms with E-state index in [1.165, 1.54) is 0 Å². The third-order valence-corrected chi connectivity index (χ3v) is 1.87. The number of rotatable bonds is 0. The molecule has 1 N–H and O–H groups in total. The summed E-state index contributed by atoms with van der Waals surface area (Å²) in [5.74, 6) is 0. The van der Waals surface area contributed by atoms with Crippen LogP contribution >= 0.6 is 0 Å². The number of hydrogen-bond acceptors (Lipinski definition) is 3. The minimum atomic E-state index is 0.990. The van der Waals surface area contributed by atoms with Gasteiger partial charge in [0.25, 0.3) is 0 Å². The fraction of sp³-hybridized carbons (Fsp3) is 0.833. The largest absolute Gasteiger partial charge is 0.291 e. The molecule has 2 rings (SSSR count). The van der Waals surface area contributed by atoms with E-state index in [2.05, 4.69) is 26.4 Å². The van der Waals surface area contributed by atoms with Crippen molar-refractivity contribution < 1.29 is 4.58 Å². The van der Waals surface area contributed by atoms with Gasteiger partial charge in [0.2, 0.25) is 13.3 Å². The summed E-state index contributed by atoms with van der Waals surface area (Å²) in [6.45, 7) is 8.98. The highest BCUT2D eigenvalue weighted by Crippen LogP contribution is 2.03. The first-order valence-corrected chi connectivity index (χ1v) is 3.55. The van der Waals surface area contributed by atoms with Crippen molar-refractivity contribution in [2.24, 2.45) is 0 Å². The highest BCUT2D eigenvalue weighted by Gasteiger charge is 2.26. The van der Waals surface area contributed by atoms with Crippen molar-refractivity contribution in [2.75, 3.05) is 33.3 Å². The summed E-state index contributed by atoms with van der Waals surface area (Å²) in [6.07, 6.45) is 0. The molecule has 2 bridgehead atoms. The lowest BCUT2D eigenvalue weighted by Gasteiger charge is -2.37. The van der Waals surface area contributed by atoms with Crippen LogP contribution in [0.4, 0.5) is 0 Å². The molecule has 2 saturated heterocycles. The Labute approximate surface area is 60.7 Å². The van der Waals surface area contributed by atoms with Gasteiger partial charge >= 0.3 is 0 Å². The monoisotopic (exact) mass is 141 g/mol. The number of fused-ring (bicyclic) bond motifs is 2. The maximum atomic E-state index is 3.90. The molecule has 0 aromatic carbocycles. The van der Waals surface area contributed by atoms with Gasteiger partial charge in [-0.1, -0.05) is 0 Å². The molecule has 0 radical (unpaired) electrons. The minimum Gasteiger partial charge on any atom is -0.291 e. The Hall–Kier alpha value is -0.450. The second kappa shape index (κ2) is 2.30. The van der Waals surface area contributed by atoms with E-state index >= 15 is 0 Å². The van der Waals surface area contributed by atoms with Gasteiger partial charge < -0.3 is 0 Å². The molecule has 0 amide bonds. The Bertz CT molecular complexity index is 142. The van der Waals surface area contributed by atoms with Gasteiger partial charge in [-0.25, -0.2) is 14.4 Å². The highest BCUT2D eigenvalue weighted by molar-refractivity contribution is 5.14. The summed E-state index contributed by atoms with van der Waals surface area (Å²) in [5.41, 5.74) is 0. The smallest absolute Gasteiger partial charge is 0.201 e. The molecule has 0 spiro atoms. The average Bonchev–Trinajstić information content (AvgIpc) is 1.85. The Balaban J connectivity index is 2.05. The minimum absolute atomic E-state index is 0.990. The van der Waals surface area contributed by atoms with Crippen LogP contribution in [0.15, 0.2) is 0 Å². The molecule has 0 aromatic rings. The maximum Gasteiger partial charge on any atom is 0.201 e. The summed E-state index contributed by atoms with van der Waals surface area (Å²) >= 11 is 0. The summed E-state index contributed by atoms with van der Waals surface area (Å²) in [7, 11) is 0. The zero-order chi connectivity index (χ0) is 6.97. The third-order valence-electron chi connectivity index (χ3n) is 1.87. The molecule has 4 heteroatoms. The molecule has 10 heavy (non-hydrogen) atoms. The molecule has 4 nitrogen and oxygen atoms in total. The lowest BCUT2D eigenvalue weighted by Crippen LogP contribution is -2.60. The van der Waals surface area contributed by atoms with Crippen molar-refractivity contribution in [1.82, 2.24) is 15.1 Å². The standard InChI is InChI=1S/C6H13N4/c1-8-4-9-2-7-3-10(5-8)6-9/h7H,1-6H2/q+1. The van der Waals surface area contributed by atoms with Crippen LogP contribution in [0.25, 0.3) is 0 Å². The predicted molar refractivity (Wildman–Crippen MR) is 38.5 cm³/mol. The van der Waals surface area contributed by atoms with Crippen LogP contribution in [0.5, 0.6) is 0 Å². The first kappa shape index (κ1) is 6.27. The van der Waals surface area contributed by atoms with E-state index in [0.717, 1.165) is 33.3 Å². The Kier molecular flexibility index (Phi) is 1.44. The van der Waals surface area contributed by atoms with Crippen LogP contribution in [0.3, 0.4) is 0 Å². The number of nitrogens with one attached hydrogen (secondary N) is 1. The quantitative estimate of drug-likeness (QED) is 0.424. The Morgan fingerprint density at radius 1 is 1.20 bits per heavy atom. The first-order valence-electron chi connectivity index (χ1n) is 3.55. The van der Waals surface area contributed by atoms with Crippen LogP contribution in [-0.4, -0.2) is 54.4 Å². The van der Waals surface area contributed by atoms with E-state index in [0.29, 0.717) is 0 Å². The lowest BCUT2D eigenvalue weighted by atomic mass is 10.5. The third kappa shape index (κ3) is 1.05. The molecule has 2 heterocycles. The normalized spacial score (nSPS) is 39.8. The zero-order valence-electron chi connectivity index (χ0n) is 6.08. The van der Waals surface area contributed by atoms with E-state index in [4.69, 9.17) is 0 Å². The Morgan fingerprint density at radius 3 is 2.40 bits per heavy atom. The van der Waals surface area contributed by atoms with Gasteiger partial charge in [0.05, 0.1) is 20.0 Å². The highest BCUT2D eigenvalue weighted by atomic mass is 15.5. The van der Waals surface area contributed by atoms with Crippen molar-refractivity contribution in [3.63, 3.8) is 0 Å². The van der Waals surface area contributed by atoms with Gasteiger partial charge in [-0.3, -0.25) is 5.32 Å². The molecular formula is C6H13N4+. The van der Waals surface area contributed by atoms with Gasteiger partial charge in [0, 0.05) is 0 Å². The van der Waals surface area contributed by atoms with E-state index in [9.17, 15) is 0 Å². The van der Waals surface area contributed by atoms with Crippen molar-refractivity contribution in [2.45, 2.75) is 0 Å². The molecule has 0 aromatic heterocycles. The summed E-state index contributed by atoms with van der Waals surface area (Å²) in [5, 5.41) is 3.30. The van der Waals surface area contributed by atoms with Crippen LogP contribution in [-0.2, 0) is 0 Å². The molecule has 2 aliphatic rings. The molecule has 56 valence electrons. The molecule has 2 fully saturated rings. The second-order valence-corrected chi connectivity index (χ2v) is 3.00. The van der Waals surface area contributed by atoms with E-state index < -0.39 is 0 Å². The summed E-state index contributed by atoms with van der Waals surface area (Å²) in [4.78, 5) is 4.64.